The number of hydrogen-bond acceptors (Lipinski definition) is 6. The molecule has 2 atom stereocenters. The van der Waals surface area contributed by atoms with Crippen molar-refractivity contribution < 1.29 is 23.5 Å². The second kappa shape index (κ2) is 9.97. The van der Waals surface area contributed by atoms with Gasteiger partial charge in [0.2, 0.25) is 11.7 Å². The Morgan fingerprint density at radius 2 is 1.94 bits per heavy atom. The number of nitrogens with zero attached hydrogens (tertiary/aromatic N) is 1. The summed E-state index contributed by atoms with van der Waals surface area (Å²) in [5.41, 5.74) is 2.40. The topological polar surface area (TPSA) is 81.0 Å². The molecular weight excluding hydrogens is 408 g/mol. The lowest BCUT2D eigenvalue weighted by atomic mass is 9.91. The highest BCUT2D eigenvalue weighted by Crippen LogP contribution is 2.33. The molecule has 2 aromatic carbocycles. The number of methoxy groups -OCH3 is 1. The van der Waals surface area contributed by atoms with Crippen molar-refractivity contribution >= 4 is 28.5 Å². The van der Waals surface area contributed by atoms with Gasteiger partial charge in [-0.2, -0.15) is 0 Å². The zero-order valence-corrected chi connectivity index (χ0v) is 18.4. The first kappa shape index (κ1) is 22.0. The van der Waals surface area contributed by atoms with Crippen molar-refractivity contribution in [1.29, 1.82) is 0 Å². The number of carbonyl (C=O) groups is 2. The number of carbonyl (C=O) groups excluding carboxylic acids is 2. The van der Waals surface area contributed by atoms with Crippen LogP contribution in [0.3, 0.4) is 0 Å². The van der Waals surface area contributed by atoms with Crippen LogP contribution in [-0.4, -0.2) is 56.7 Å². The first-order chi connectivity index (χ1) is 15.6. The third kappa shape index (κ3) is 4.84. The Balaban J connectivity index is 1.45. The molecule has 0 bridgehead atoms. The maximum Gasteiger partial charge on any atom is 0.374 e. The van der Waals surface area contributed by atoms with E-state index >= 15 is 0 Å². The number of fused-ring (bicyclic) bond motifs is 1. The number of anilines is 1. The summed E-state index contributed by atoms with van der Waals surface area (Å²) in [5, 5.41) is 3.77. The molecule has 7 nitrogen and oxygen atoms in total. The van der Waals surface area contributed by atoms with Crippen LogP contribution in [-0.2, 0) is 14.3 Å². The van der Waals surface area contributed by atoms with Gasteiger partial charge in [0.25, 0.3) is 0 Å². The number of esters is 1. The van der Waals surface area contributed by atoms with Gasteiger partial charge >= 0.3 is 5.97 Å². The van der Waals surface area contributed by atoms with Crippen LogP contribution in [0.1, 0.15) is 34.9 Å². The van der Waals surface area contributed by atoms with Gasteiger partial charge in [-0.25, -0.2) is 4.79 Å². The number of hydrogen-bond donors (Lipinski definition) is 1. The highest BCUT2D eigenvalue weighted by Gasteiger charge is 2.38. The number of benzene rings is 2. The summed E-state index contributed by atoms with van der Waals surface area (Å²) in [7, 11) is 3.58. The SMILES string of the molecule is COCCCOC(=O)c1cc2cc(NC(=O)C3C(c4ccccc4)CCN3C)ccc2o1. The van der Waals surface area contributed by atoms with Crippen molar-refractivity contribution in [2.24, 2.45) is 0 Å². The Bertz CT molecular complexity index is 1080. The van der Waals surface area contributed by atoms with Crippen LogP contribution in [0.25, 0.3) is 11.0 Å². The van der Waals surface area contributed by atoms with Gasteiger partial charge in [0, 0.05) is 37.1 Å². The lowest BCUT2D eigenvalue weighted by Gasteiger charge is -2.24. The molecule has 1 aliphatic rings. The molecule has 0 aliphatic carbocycles. The molecule has 3 aromatic rings. The predicted molar refractivity (Wildman–Crippen MR) is 122 cm³/mol. The molecule has 0 saturated carbocycles. The minimum atomic E-state index is -0.513. The van der Waals surface area contributed by atoms with E-state index in [9.17, 15) is 9.59 Å². The molecule has 1 amide bonds. The summed E-state index contributed by atoms with van der Waals surface area (Å²) in [6.45, 7) is 1.66. The van der Waals surface area contributed by atoms with Crippen LogP contribution in [0.4, 0.5) is 5.69 Å². The van der Waals surface area contributed by atoms with Crippen LogP contribution < -0.4 is 5.32 Å². The molecule has 1 aliphatic heterocycles. The van der Waals surface area contributed by atoms with Crippen LogP contribution in [0.2, 0.25) is 0 Å². The van der Waals surface area contributed by atoms with Crippen molar-refractivity contribution in [1.82, 2.24) is 4.90 Å². The van der Waals surface area contributed by atoms with Gasteiger partial charge in [-0.3, -0.25) is 9.69 Å². The van der Waals surface area contributed by atoms with E-state index in [1.807, 2.05) is 31.3 Å². The molecule has 32 heavy (non-hydrogen) atoms. The summed E-state index contributed by atoms with van der Waals surface area (Å²) >= 11 is 0. The minimum absolute atomic E-state index is 0.0422. The first-order valence-corrected chi connectivity index (χ1v) is 10.8. The molecule has 0 spiro atoms. The highest BCUT2D eigenvalue weighted by atomic mass is 16.5. The number of likely N-dealkylation sites (N-methyl/N-ethyl adjacent to an activating group) is 1. The number of amides is 1. The third-order valence-corrected chi connectivity index (χ3v) is 5.86. The molecule has 1 saturated heterocycles. The van der Waals surface area contributed by atoms with E-state index in [0.29, 0.717) is 24.3 Å². The normalized spacial score (nSPS) is 18.7. The average molecular weight is 437 g/mol. The van der Waals surface area contributed by atoms with E-state index in [4.69, 9.17) is 13.9 Å². The van der Waals surface area contributed by atoms with E-state index in [0.717, 1.165) is 18.4 Å². The molecule has 0 radical (unpaired) electrons. The number of likely N-dealkylation sites (tertiary alicyclic amines) is 1. The Hall–Kier alpha value is -3.16. The smallest absolute Gasteiger partial charge is 0.374 e. The van der Waals surface area contributed by atoms with Crippen LogP contribution in [0.5, 0.6) is 0 Å². The molecule has 1 N–H and O–H groups in total. The molecule has 2 unspecified atom stereocenters. The number of rotatable bonds is 8. The van der Waals surface area contributed by atoms with Crippen LogP contribution >= 0.6 is 0 Å². The molecule has 1 aromatic heterocycles. The second-order valence-electron chi connectivity index (χ2n) is 8.07. The molecular formula is C25H28N2O5. The van der Waals surface area contributed by atoms with E-state index in [1.54, 1.807) is 25.3 Å². The maximum atomic E-state index is 13.2. The summed E-state index contributed by atoms with van der Waals surface area (Å²) in [6, 6.07) is 16.9. The van der Waals surface area contributed by atoms with E-state index in [1.165, 1.54) is 5.56 Å². The largest absolute Gasteiger partial charge is 0.460 e. The number of ether oxygens (including phenoxy) is 2. The summed E-state index contributed by atoms with van der Waals surface area (Å²) in [5.74, 6) is -0.264. The zero-order chi connectivity index (χ0) is 22.5. The van der Waals surface area contributed by atoms with Gasteiger partial charge < -0.3 is 19.2 Å². The molecule has 168 valence electrons. The molecule has 2 heterocycles. The third-order valence-electron chi connectivity index (χ3n) is 5.86. The fourth-order valence-corrected chi connectivity index (χ4v) is 4.26. The van der Waals surface area contributed by atoms with Crippen molar-refractivity contribution in [3.8, 4) is 0 Å². The zero-order valence-electron chi connectivity index (χ0n) is 18.4. The fourth-order valence-electron chi connectivity index (χ4n) is 4.26. The van der Waals surface area contributed by atoms with Gasteiger partial charge in [0.15, 0.2) is 0 Å². The Morgan fingerprint density at radius 1 is 1.12 bits per heavy atom. The van der Waals surface area contributed by atoms with Gasteiger partial charge in [-0.1, -0.05) is 30.3 Å². The van der Waals surface area contributed by atoms with Gasteiger partial charge in [-0.05, 0) is 49.8 Å². The molecule has 4 rings (SSSR count). The Labute approximate surface area is 187 Å². The average Bonchev–Trinajstić information content (AvgIpc) is 3.40. The van der Waals surface area contributed by atoms with Crippen molar-refractivity contribution in [2.75, 3.05) is 39.2 Å². The standard InChI is InChI=1S/C25H28N2O5/c1-27-12-11-20(17-7-4-3-5-8-17)23(27)24(28)26-19-9-10-21-18(15-19)16-22(32-21)25(29)31-14-6-13-30-2/h3-5,7-10,15-16,20,23H,6,11-14H2,1-2H3,(H,26,28). The first-order valence-electron chi connectivity index (χ1n) is 10.8. The van der Waals surface area contributed by atoms with Crippen LogP contribution in [0, 0.1) is 0 Å². The Kier molecular flexibility index (Phi) is 6.87. The molecule has 7 heteroatoms. The maximum absolute atomic E-state index is 13.2. The quantitative estimate of drug-likeness (QED) is 0.424. The molecule has 1 fully saturated rings. The van der Waals surface area contributed by atoms with Gasteiger partial charge in [0.05, 0.1) is 12.6 Å². The monoisotopic (exact) mass is 436 g/mol. The lowest BCUT2D eigenvalue weighted by molar-refractivity contribution is -0.120. The highest BCUT2D eigenvalue weighted by molar-refractivity contribution is 5.98. The summed E-state index contributed by atoms with van der Waals surface area (Å²) < 4.78 is 15.8. The van der Waals surface area contributed by atoms with Crippen molar-refractivity contribution in [2.45, 2.75) is 24.8 Å². The predicted octanol–water partition coefficient (Wildman–Crippen LogP) is 4.05. The number of nitrogens with one attached hydrogen (secondary N) is 1. The Morgan fingerprint density at radius 3 is 2.72 bits per heavy atom. The second-order valence-corrected chi connectivity index (χ2v) is 8.07. The minimum Gasteiger partial charge on any atom is -0.460 e. The van der Waals surface area contributed by atoms with Crippen molar-refractivity contribution in [3.05, 3.63) is 65.9 Å². The summed E-state index contributed by atoms with van der Waals surface area (Å²) in [4.78, 5) is 27.5. The van der Waals surface area contributed by atoms with E-state index in [-0.39, 0.29) is 30.2 Å². The summed E-state index contributed by atoms with van der Waals surface area (Å²) in [6.07, 6.45) is 1.56. The van der Waals surface area contributed by atoms with E-state index in [2.05, 4.69) is 22.3 Å². The van der Waals surface area contributed by atoms with Gasteiger partial charge in [0.1, 0.15) is 5.58 Å². The van der Waals surface area contributed by atoms with E-state index < -0.39 is 5.97 Å². The van der Waals surface area contributed by atoms with Crippen molar-refractivity contribution in [3.63, 3.8) is 0 Å². The fraction of sp³-hybridized carbons (Fsp3) is 0.360. The lowest BCUT2D eigenvalue weighted by Crippen LogP contribution is -2.40. The van der Waals surface area contributed by atoms with Gasteiger partial charge in [-0.15, -0.1) is 0 Å². The number of furan rings is 1. The van der Waals surface area contributed by atoms with Crippen LogP contribution in [0.15, 0.2) is 59.0 Å².